The van der Waals surface area contributed by atoms with Gasteiger partial charge in [-0.15, -0.1) is 0 Å². The molecule has 0 saturated carbocycles. The van der Waals surface area contributed by atoms with E-state index in [9.17, 15) is 4.79 Å². The van der Waals surface area contributed by atoms with Crippen molar-refractivity contribution in [3.63, 3.8) is 0 Å². The number of rotatable bonds is 5. The van der Waals surface area contributed by atoms with Gasteiger partial charge in [-0.2, -0.15) is 0 Å². The lowest BCUT2D eigenvalue weighted by atomic mass is 10.0. The van der Waals surface area contributed by atoms with Gasteiger partial charge in [-0.05, 0) is 37.1 Å². The number of carbonyl (C=O) groups is 1. The van der Waals surface area contributed by atoms with E-state index in [2.05, 4.69) is 17.2 Å². The van der Waals surface area contributed by atoms with Gasteiger partial charge in [0.2, 0.25) is 5.91 Å². The lowest BCUT2D eigenvalue weighted by Gasteiger charge is -2.32. The predicted molar refractivity (Wildman–Crippen MR) is 84.5 cm³/mol. The van der Waals surface area contributed by atoms with Gasteiger partial charge in [0.05, 0.1) is 24.5 Å². The lowest BCUT2D eigenvalue weighted by molar-refractivity contribution is -0.121. The van der Waals surface area contributed by atoms with Crippen molar-refractivity contribution < 1.29 is 9.21 Å². The smallest absolute Gasteiger partial charge is 0.244 e. The highest BCUT2D eigenvalue weighted by Crippen LogP contribution is 2.20. The Labute approximate surface area is 130 Å². The van der Waals surface area contributed by atoms with Crippen molar-refractivity contribution in [2.75, 3.05) is 11.4 Å². The first-order chi connectivity index (χ1) is 10.8. The van der Waals surface area contributed by atoms with Crippen LogP contribution in [0.25, 0.3) is 0 Å². The molecule has 1 saturated heterocycles. The molecular formula is C17H21N3O2. The summed E-state index contributed by atoms with van der Waals surface area (Å²) in [5, 5.41) is 3.32. The van der Waals surface area contributed by atoms with Gasteiger partial charge in [0, 0.05) is 19.2 Å². The number of aryl methyl sites for hydroxylation is 1. The van der Waals surface area contributed by atoms with E-state index in [1.54, 1.807) is 12.4 Å². The second-order valence-electron chi connectivity index (χ2n) is 5.50. The number of nitrogens with zero attached hydrogens (tertiary/aromatic N) is 2. The van der Waals surface area contributed by atoms with Crippen molar-refractivity contribution in [1.82, 2.24) is 10.3 Å². The first-order valence-electron chi connectivity index (χ1n) is 7.80. The molecule has 3 heterocycles. The number of hydrogen-bond acceptors (Lipinski definition) is 4. The van der Waals surface area contributed by atoms with E-state index in [1.165, 1.54) is 0 Å². The third kappa shape index (κ3) is 3.20. The zero-order valence-electron chi connectivity index (χ0n) is 12.8. The molecule has 0 radical (unpaired) electrons. The Hall–Kier alpha value is -2.14. The first-order valence-corrected chi connectivity index (χ1v) is 7.80. The highest BCUT2D eigenvalue weighted by Gasteiger charge is 2.29. The van der Waals surface area contributed by atoms with Crippen LogP contribution in [0.3, 0.4) is 0 Å². The fourth-order valence-electron chi connectivity index (χ4n) is 2.77. The van der Waals surface area contributed by atoms with Crippen molar-refractivity contribution in [3.05, 3.63) is 48.2 Å². The van der Waals surface area contributed by atoms with E-state index in [4.69, 9.17) is 4.42 Å². The van der Waals surface area contributed by atoms with E-state index >= 15 is 0 Å². The standard InChI is InChI=1S/C17H21N3O2/c1-2-14-7-8-15(22-14)12-19-16-6-4-10-20(17(16)21)13-5-3-9-18-11-13/h3,5,7-9,11,16,19H,2,4,6,10,12H2,1H3. The highest BCUT2D eigenvalue weighted by molar-refractivity contribution is 5.97. The summed E-state index contributed by atoms with van der Waals surface area (Å²) in [5.41, 5.74) is 0.866. The van der Waals surface area contributed by atoms with Gasteiger partial charge in [-0.3, -0.25) is 15.1 Å². The molecule has 1 fully saturated rings. The molecule has 5 heteroatoms. The molecule has 5 nitrogen and oxygen atoms in total. The van der Waals surface area contributed by atoms with Crippen LogP contribution in [-0.2, 0) is 17.8 Å². The second-order valence-corrected chi connectivity index (χ2v) is 5.50. The van der Waals surface area contributed by atoms with Crippen LogP contribution in [-0.4, -0.2) is 23.5 Å². The Morgan fingerprint density at radius 1 is 1.36 bits per heavy atom. The molecule has 1 aliphatic heterocycles. The van der Waals surface area contributed by atoms with E-state index in [1.807, 2.05) is 29.2 Å². The minimum absolute atomic E-state index is 0.113. The number of piperidine rings is 1. The zero-order chi connectivity index (χ0) is 15.4. The van der Waals surface area contributed by atoms with Crippen LogP contribution in [0.1, 0.15) is 31.3 Å². The maximum absolute atomic E-state index is 12.6. The Balaban J connectivity index is 1.63. The molecule has 116 valence electrons. The summed E-state index contributed by atoms with van der Waals surface area (Å²) < 4.78 is 5.67. The summed E-state index contributed by atoms with van der Waals surface area (Å²) >= 11 is 0. The summed E-state index contributed by atoms with van der Waals surface area (Å²) in [4.78, 5) is 18.5. The van der Waals surface area contributed by atoms with Crippen LogP contribution < -0.4 is 10.2 Å². The van der Waals surface area contributed by atoms with Gasteiger partial charge in [0.25, 0.3) is 0 Å². The number of amides is 1. The number of carbonyl (C=O) groups excluding carboxylic acids is 1. The molecule has 0 bridgehead atoms. The molecule has 0 aliphatic carbocycles. The lowest BCUT2D eigenvalue weighted by Crippen LogP contribution is -2.50. The van der Waals surface area contributed by atoms with Crippen LogP contribution in [0, 0.1) is 0 Å². The fourth-order valence-corrected chi connectivity index (χ4v) is 2.77. The summed E-state index contributed by atoms with van der Waals surface area (Å²) in [6.45, 7) is 3.40. The molecule has 2 aromatic rings. The van der Waals surface area contributed by atoms with Crippen LogP contribution in [0.5, 0.6) is 0 Å². The number of anilines is 1. The molecular weight excluding hydrogens is 278 g/mol. The van der Waals surface area contributed by atoms with Gasteiger partial charge in [-0.25, -0.2) is 0 Å². The van der Waals surface area contributed by atoms with E-state index < -0.39 is 0 Å². The van der Waals surface area contributed by atoms with Gasteiger partial charge in [0.15, 0.2) is 0 Å². The molecule has 1 amide bonds. The maximum atomic E-state index is 12.6. The summed E-state index contributed by atoms with van der Waals surface area (Å²) in [6.07, 6.45) is 6.18. The number of hydrogen-bond donors (Lipinski definition) is 1. The van der Waals surface area contributed by atoms with E-state index in [-0.39, 0.29) is 11.9 Å². The van der Waals surface area contributed by atoms with Crippen molar-refractivity contribution in [3.8, 4) is 0 Å². The highest BCUT2D eigenvalue weighted by atomic mass is 16.3. The van der Waals surface area contributed by atoms with Crippen molar-refractivity contribution >= 4 is 11.6 Å². The molecule has 1 atom stereocenters. The SMILES string of the molecule is CCc1ccc(CNC2CCCN(c3cccnc3)C2=O)o1. The van der Waals surface area contributed by atoms with Gasteiger partial charge in [-0.1, -0.05) is 6.92 Å². The molecule has 1 N–H and O–H groups in total. The van der Waals surface area contributed by atoms with E-state index in [0.717, 1.165) is 43.0 Å². The molecule has 1 unspecified atom stereocenters. The largest absolute Gasteiger partial charge is 0.465 e. The summed E-state index contributed by atoms with van der Waals surface area (Å²) in [5.74, 6) is 1.97. The van der Waals surface area contributed by atoms with Gasteiger partial charge >= 0.3 is 0 Å². The number of aromatic nitrogens is 1. The van der Waals surface area contributed by atoms with Crippen molar-refractivity contribution in [2.45, 2.75) is 38.8 Å². The number of nitrogens with one attached hydrogen (secondary N) is 1. The average molecular weight is 299 g/mol. The molecule has 22 heavy (non-hydrogen) atoms. The van der Waals surface area contributed by atoms with Crippen LogP contribution in [0.4, 0.5) is 5.69 Å². The average Bonchev–Trinajstić information content (AvgIpc) is 3.03. The molecule has 0 aromatic carbocycles. The minimum atomic E-state index is -0.163. The van der Waals surface area contributed by atoms with Gasteiger partial charge < -0.3 is 9.32 Å². The Bertz CT molecular complexity index is 624. The third-order valence-corrected chi connectivity index (χ3v) is 3.98. The van der Waals surface area contributed by atoms with Crippen LogP contribution >= 0.6 is 0 Å². The molecule has 3 rings (SSSR count). The normalized spacial score (nSPS) is 18.7. The molecule has 2 aromatic heterocycles. The Kier molecular flexibility index (Phi) is 4.53. The Morgan fingerprint density at radius 2 is 2.23 bits per heavy atom. The summed E-state index contributed by atoms with van der Waals surface area (Å²) in [7, 11) is 0. The first kappa shape index (κ1) is 14.8. The predicted octanol–water partition coefficient (Wildman–Crippen LogP) is 2.52. The quantitative estimate of drug-likeness (QED) is 0.921. The van der Waals surface area contributed by atoms with Crippen molar-refractivity contribution in [1.29, 1.82) is 0 Å². The number of pyridine rings is 1. The van der Waals surface area contributed by atoms with E-state index in [0.29, 0.717) is 6.54 Å². The monoisotopic (exact) mass is 299 g/mol. The maximum Gasteiger partial charge on any atom is 0.244 e. The van der Waals surface area contributed by atoms with Crippen LogP contribution in [0.2, 0.25) is 0 Å². The Morgan fingerprint density at radius 3 is 2.95 bits per heavy atom. The minimum Gasteiger partial charge on any atom is -0.465 e. The molecule has 0 spiro atoms. The fraction of sp³-hybridized carbons (Fsp3) is 0.412. The molecule has 1 aliphatic rings. The van der Waals surface area contributed by atoms with Crippen molar-refractivity contribution in [2.24, 2.45) is 0 Å². The number of furan rings is 1. The third-order valence-electron chi connectivity index (χ3n) is 3.98. The van der Waals surface area contributed by atoms with Crippen LogP contribution in [0.15, 0.2) is 41.1 Å². The van der Waals surface area contributed by atoms with Gasteiger partial charge in [0.1, 0.15) is 11.5 Å². The summed E-state index contributed by atoms with van der Waals surface area (Å²) in [6, 6.07) is 7.58. The topological polar surface area (TPSA) is 58.4 Å². The zero-order valence-corrected chi connectivity index (χ0v) is 12.8. The second kappa shape index (κ2) is 6.75.